The van der Waals surface area contributed by atoms with Gasteiger partial charge in [0.2, 0.25) is 0 Å². The molecule has 0 spiro atoms. The summed E-state index contributed by atoms with van der Waals surface area (Å²) < 4.78 is 25.9. The zero-order chi connectivity index (χ0) is 14.4. The minimum absolute atomic E-state index is 0.0550. The van der Waals surface area contributed by atoms with Crippen molar-refractivity contribution in [2.75, 3.05) is 5.75 Å². The van der Waals surface area contributed by atoms with Crippen molar-refractivity contribution < 1.29 is 18.5 Å². The first-order valence-corrected chi connectivity index (χ1v) is 6.16. The third kappa shape index (κ3) is 4.67. The quantitative estimate of drug-likeness (QED) is 0.371. The largest absolute Gasteiger partial charge is 0.288 e. The number of halogens is 2. The fraction of sp³-hybridized carbons (Fsp3) is 0.250. The summed E-state index contributed by atoms with van der Waals surface area (Å²) in [6.07, 6.45) is 0.320. The third-order valence-electron chi connectivity index (χ3n) is 1.99. The van der Waals surface area contributed by atoms with E-state index in [4.69, 9.17) is 0 Å². The van der Waals surface area contributed by atoms with Crippen molar-refractivity contribution in [1.82, 2.24) is 0 Å². The van der Waals surface area contributed by atoms with Gasteiger partial charge in [0, 0.05) is 19.1 Å². The van der Waals surface area contributed by atoms with E-state index in [2.05, 4.69) is 11.8 Å². The fourth-order valence-electron chi connectivity index (χ4n) is 1.19. The van der Waals surface area contributed by atoms with Crippen LogP contribution in [-0.2, 0) is 4.79 Å². The number of nitro benzene ring substituents is 1. The van der Waals surface area contributed by atoms with Crippen LogP contribution in [0.4, 0.5) is 14.5 Å². The summed E-state index contributed by atoms with van der Waals surface area (Å²) in [4.78, 5) is 20.5. The Hall–Kier alpha value is -1.94. The van der Waals surface area contributed by atoms with Crippen LogP contribution in [-0.4, -0.2) is 15.8 Å². The topological polar surface area (TPSA) is 60.2 Å². The normalized spacial score (nSPS) is 9.63. The summed E-state index contributed by atoms with van der Waals surface area (Å²) in [6.45, 7) is 1.41. The van der Waals surface area contributed by atoms with Crippen molar-refractivity contribution in [1.29, 1.82) is 0 Å². The van der Waals surface area contributed by atoms with Crippen molar-refractivity contribution in [3.8, 4) is 11.8 Å². The molecule has 1 aromatic carbocycles. The maximum atomic E-state index is 13.0. The zero-order valence-electron chi connectivity index (χ0n) is 9.91. The van der Waals surface area contributed by atoms with E-state index in [1.54, 1.807) is 0 Å². The van der Waals surface area contributed by atoms with Crippen molar-refractivity contribution in [2.45, 2.75) is 13.3 Å². The number of hydrogen-bond donors (Lipinski definition) is 0. The van der Waals surface area contributed by atoms with Crippen molar-refractivity contribution in [3.05, 3.63) is 39.4 Å². The van der Waals surface area contributed by atoms with Gasteiger partial charge in [-0.15, -0.1) is 0 Å². The lowest BCUT2D eigenvalue weighted by Gasteiger charge is -1.97. The first-order valence-electron chi connectivity index (χ1n) is 5.17. The Kier molecular flexibility index (Phi) is 5.45. The Morgan fingerprint density at radius 3 is 2.63 bits per heavy atom. The van der Waals surface area contributed by atoms with Crippen LogP contribution >= 0.6 is 11.8 Å². The van der Waals surface area contributed by atoms with Gasteiger partial charge < -0.3 is 0 Å². The van der Waals surface area contributed by atoms with Gasteiger partial charge in [-0.1, -0.05) is 23.6 Å². The molecule has 4 nitrogen and oxygen atoms in total. The number of carbonyl (C=O) groups excluding carboxylic acids is 1. The summed E-state index contributed by atoms with van der Waals surface area (Å²) in [5.74, 6) is 2.97. The van der Waals surface area contributed by atoms with Gasteiger partial charge in [0.1, 0.15) is 5.56 Å². The molecule has 0 aromatic heterocycles. The average molecular weight is 285 g/mol. The maximum Gasteiger partial charge on any atom is 0.288 e. The second-order valence-corrected chi connectivity index (χ2v) is 4.70. The lowest BCUT2D eigenvalue weighted by atomic mass is 10.1. The first kappa shape index (κ1) is 15.1. The van der Waals surface area contributed by atoms with E-state index in [9.17, 15) is 23.7 Å². The highest BCUT2D eigenvalue weighted by Gasteiger charge is 2.17. The number of rotatable bonds is 3. The summed E-state index contributed by atoms with van der Waals surface area (Å²) >= 11 is 1.07. The molecule has 19 heavy (non-hydrogen) atoms. The highest BCUT2D eigenvalue weighted by atomic mass is 32.2. The van der Waals surface area contributed by atoms with Crippen LogP contribution in [0.15, 0.2) is 12.1 Å². The van der Waals surface area contributed by atoms with Gasteiger partial charge in [0.25, 0.3) is 5.69 Å². The van der Waals surface area contributed by atoms with Gasteiger partial charge in [-0.2, -0.15) is 0 Å². The summed E-state index contributed by atoms with van der Waals surface area (Å²) in [5, 5.41) is 10.6. The van der Waals surface area contributed by atoms with Gasteiger partial charge in [0.05, 0.1) is 11.0 Å². The standard InChI is InChI=1S/C12H9F2NO3S/c1-8(16)19-5-3-2-4-9-6-10(13)11(14)7-12(9)15(17)18/h6-7H,3,5H2,1H3. The zero-order valence-corrected chi connectivity index (χ0v) is 10.7. The predicted octanol–water partition coefficient (Wildman–Crippen LogP) is 2.89. The van der Waals surface area contributed by atoms with E-state index < -0.39 is 22.2 Å². The molecule has 1 rings (SSSR count). The Labute approximate surface area is 112 Å². The van der Waals surface area contributed by atoms with Crippen LogP contribution < -0.4 is 0 Å². The molecule has 0 unspecified atom stereocenters. The molecule has 0 saturated carbocycles. The molecule has 0 radical (unpaired) electrons. The van der Waals surface area contributed by atoms with E-state index in [-0.39, 0.29) is 10.7 Å². The molecule has 0 N–H and O–H groups in total. The Morgan fingerprint density at radius 2 is 2.05 bits per heavy atom. The van der Waals surface area contributed by atoms with Crippen LogP contribution in [0, 0.1) is 33.6 Å². The summed E-state index contributed by atoms with van der Waals surface area (Å²) in [7, 11) is 0. The van der Waals surface area contributed by atoms with Crippen LogP contribution in [0.2, 0.25) is 0 Å². The molecule has 0 heterocycles. The SMILES string of the molecule is CC(=O)SCCC#Cc1cc(F)c(F)cc1[N+](=O)[O-]. The minimum atomic E-state index is -1.29. The Bertz CT molecular complexity index is 578. The number of nitrogens with zero attached hydrogens (tertiary/aromatic N) is 1. The van der Waals surface area contributed by atoms with Gasteiger partial charge in [-0.05, 0) is 6.07 Å². The fourth-order valence-corrected chi connectivity index (χ4v) is 1.68. The molecule has 0 aliphatic rings. The molecule has 0 aliphatic heterocycles. The molecular weight excluding hydrogens is 276 g/mol. The molecule has 0 aliphatic carbocycles. The highest BCUT2D eigenvalue weighted by molar-refractivity contribution is 8.13. The van der Waals surface area contributed by atoms with Crippen LogP contribution in [0.5, 0.6) is 0 Å². The molecule has 0 amide bonds. The van der Waals surface area contributed by atoms with Gasteiger partial charge in [-0.3, -0.25) is 14.9 Å². The summed E-state index contributed by atoms with van der Waals surface area (Å²) in [5.41, 5.74) is -0.762. The molecule has 0 atom stereocenters. The molecular formula is C12H9F2NO3S. The van der Waals surface area contributed by atoms with Crippen molar-refractivity contribution in [3.63, 3.8) is 0 Å². The second kappa shape index (κ2) is 6.85. The number of hydrogen-bond acceptors (Lipinski definition) is 4. The molecule has 0 fully saturated rings. The first-order chi connectivity index (χ1) is 8.91. The van der Waals surface area contributed by atoms with E-state index in [1.165, 1.54) is 6.92 Å². The van der Waals surface area contributed by atoms with Gasteiger partial charge in [0.15, 0.2) is 16.7 Å². The minimum Gasteiger partial charge on any atom is -0.288 e. The maximum absolute atomic E-state index is 13.0. The molecule has 0 saturated heterocycles. The Balaban J connectivity index is 2.88. The number of carbonyl (C=O) groups is 1. The molecule has 100 valence electrons. The smallest absolute Gasteiger partial charge is 0.288 e. The van der Waals surface area contributed by atoms with Crippen molar-refractivity contribution in [2.24, 2.45) is 0 Å². The van der Waals surface area contributed by atoms with Crippen LogP contribution in [0.25, 0.3) is 0 Å². The van der Waals surface area contributed by atoms with E-state index in [0.717, 1.165) is 11.8 Å². The monoisotopic (exact) mass is 285 g/mol. The number of benzene rings is 1. The van der Waals surface area contributed by atoms with Gasteiger partial charge in [-0.25, -0.2) is 8.78 Å². The predicted molar refractivity (Wildman–Crippen MR) is 67.6 cm³/mol. The summed E-state index contributed by atoms with van der Waals surface area (Å²) in [6, 6.07) is 1.20. The van der Waals surface area contributed by atoms with Gasteiger partial charge >= 0.3 is 0 Å². The molecule has 0 bridgehead atoms. The van der Waals surface area contributed by atoms with Crippen molar-refractivity contribution >= 4 is 22.6 Å². The molecule has 1 aromatic rings. The number of nitro groups is 1. The lowest BCUT2D eigenvalue weighted by molar-refractivity contribution is -0.385. The Morgan fingerprint density at radius 1 is 1.42 bits per heavy atom. The lowest BCUT2D eigenvalue weighted by Crippen LogP contribution is -1.96. The van der Waals surface area contributed by atoms with E-state index in [1.807, 2.05) is 0 Å². The number of thioether (sulfide) groups is 1. The van der Waals surface area contributed by atoms with E-state index >= 15 is 0 Å². The molecule has 7 heteroatoms. The van der Waals surface area contributed by atoms with E-state index in [0.29, 0.717) is 24.3 Å². The second-order valence-electron chi connectivity index (χ2n) is 3.43. The average Bonchev–Trinajstić information content (AvgIpc) is 2.32. The van der Waals surface area contributed by atoms with Crippen LogP contribution in [0.1, 0.15) is 18.9 Å². The third-order valence-corrected chi connectivity index (χ3v) is 2.81. The van der Waals surface area contributed by atoms with Crippen LogP contribution in [0.3, 0.4) is 0 Å². The highest BCUT2D eigenvalue weighted by Crippen LogP contribution is 2.21.